The molecule has 1 rings (SSSR count). The quantitative estimate of drug-likeness (QED) is 0.855. The first-order valence-corrected chi connectivity index (χ1v) is 5.97. The Kier molecular flexibility index (Phi) is 5.10. The van der Waals surface area contributed by atoms with E-state index in [2.05, 4.69) is 0 Å². The molecule has 0 heterocycles. The van der Waals surface area contributed by atoms with Crippen molar-refractivity contribution in [2.45, 2.75) is 32.1 Å². The van der Waals surface area contributed by atoms with Gasteiger partial charge in [-0.25, -0.2) is 0 Å². The van der Waals surface area contributed by atoms with Crippen LogP contribution < -0.4 is 0 Å². The highest BCUT2D eigenvalue weighted by Crippen LogP contribution is 2.30. The molecule has 0 aromatic heterocycles. The lowest BCUT2D eigenvalue weighted by molar-refractivity contribution is -0.137. The van der Waals surface area contributed by atoms with Gasteiger partial charge in [-0.3, -0.25) is 4.79 Å². The van der Waals surface area contributed by atoms with Gasteiger partial charge < -0.3 is 5.11 Å². The summed E-state index contributed by atoms with van der Waals surface area (Å²) in [5.74, 6) is -0.776. The van der Waals surface area contributed by atoms with E-state index in [0.717, 1.165) is 18.4 Å². The Morgan fingerprint density at radius 3 is 2.56 bits per heavy atom. The lowest BCUT2D eigenvalue weighted by Crippen LogP contribution is -2.06. The highest BCUT2D eigenvalue weighted by atomic mass is 35.5. The van der Waals surface area contributed by atoms with Crippen molar-refractivity contribution in [2.24, 2.45) is 0 Å². The summed E-state index contributed by atoms with van der Waals surface area (Å²) in [6.07, 6.45) is 1.91. The van der Waals surface area contributed by atoms with E-state index in [1.54, 1.807) is 12.1 Å². The van der Waals surface area contributed by atoms with Gasteiger partial charge in [0.15, 0.2) is 0 Å². The number of carboxylic acids is 1. The van der Waals surface area contributed by atoms with Crippen LogP contribution in [0.3, 0.4) is 0 Å². The first-order valence-electron chi connectivity index (χ1n) is 5.21. The number of rotatable bonds is 5. The van der Waals surface area contributed by atoms with Crippen LogP contribution in [0.1, 0.15) is 37.7 Å². The maximum Gasteiger partial charge on any atom is 0.303 e. The maximum absolute atomic E-state index is 10.8. The average Bonchev–Trinajstić information content (AvgIpc) is 2.21. The lowest BCUT2D eigenvalue weighted by Gasteiger charge is -2.14. The maximum atomic E-state index is 10.8. The molecule has 0 saturated carbocycles. The molecule has 0 spiro atoms. The molecule has 1 aromatic rings. The van der Waals surface area contributed by atoms with Crippen molar-refractivity contribution in [3.8, 4) is 0 Å². The fourth-order valence-corrected chi connectivity index (χ4v) is 2.02. The van der Waals surface area contributed by atoms with E-state index in [1.807, 2.05) is 13.0 Å². The van der Waals surface area contributed by atoms with E-state index in [1.165, 1.54) is 0 Å². The first-order chi connectivity index (χ1) is 7.54. The number of hydrogen-bond acceptors (Lipinski definition) is 1. The third-order valence-corrected chi connectivity index (χ3v) is 3.21. The molecule has 1 aromatic carbocycles. The summed E-state index contributed by atoms with van der Waals surface area (Å²) in [4.78, 5) is 10.8. The summed E-state index contributed by atoms with van der Waals surface area (Å²) < 4.78 is 0. The van der Waals surface area contributed by atoms with Gasteiger partial charge in [0.25, 0.3) is 0 Å². The van der Waals surface area contributed by atoms with Crippen molar-refractivity contribution >= 4 is 29.2 Å². The highest BCUT2D eigenvalue weighted by molar-refractivity contribution is 6.42. The molecule has 0 aliphatic carbocycles. The largest absolute Gasteiger partial charge is 0.481 e. The zero-order chi connectivity index (χ0) is 12.1. The van der Waals surface area contributed by atoms with E-state index in [9.17, 15) is 4.79 Å². The minimum atomic E-state index is -0.787. The van der Waals surface area contributed by atoms with E-state index < -0.39 is 5.97 Å². The Morgan fingerprint density at radius 2 is 2.06 bits per heavy atom. The molecule has 0 amide bonds. The average molecular weight is 261 g/mol. The van der Waals surface area contributed by atoms with Crippen LogP contribution in [-0.4, -0.2) is 11.1 Å². The van der Waals surface area contributed by atoms with Crippen LogP contribution in [-0.2, 0) is 4.79 Å². The number of benzene rings is 1. The fraction of sp³-hybridized carbons (Fsp3) is 0.417. The van der Waals surface area contributed by atoms with Gasteiger partial charge in [0.05, 0.1) is 16.5 Å². The molecule has 1 atom stereocenters. The van der Waals surface area contributed by atoms with Gasteiger partial charge in [0.1, 0.15) is 0 Å². The number of carboxylic acid groups (broad SMARTS) is 1. The summed E-state index contributed by atoms with van der Waals surface area (Å²) in [5.41, 5.74) is 0.943. The van der Waals surface area contributed by atoms with E-state index in [4.69, 9.17) is 28.3 Å². The SMILES string of the molecule is CCCC(CC(=O)O)c1ccc(Cl)c(Cl)c1. The Bertz CT molecular complexity index is 377. The Labute approximate surface area is 105 Å². The number of aliphatic carboxylic acids is 1. The van der Waals surface area contributed by atoms with Crippen LogP contribution in [0.25, 0.3) is 0 Å². The van der Waals surface area contributed by atoms with Crippen molar-refractivity contribution in [1.82, 2.24) is 0 Å². The van der Waals surface area contributed by atoms with Gasteiger partial charge >= 0.3 is 5.97 Å². The van der Waals surface area contributed by atoms with Crippen LogP contribution in [0.2, 0.25) is 10.0 Å². The summed E-state index contributed by atoms with van der Waals surface area (Å²) in [6, 6.07) is 5.31. The van der Waals surface area contributed by atoms with Crippen LogP contribution in [0.5, 0.6) is 0 Å². The monoisotopic (exact) mass is 260 g/mol. The van der Waals surface area contributed by atoms with Crippen LogP contribution in [0.15, 0.2) is 18.2 Å². The molecule has 0 fully saturated rings. The molecule has 0 saturated heterocycles. The van der Waals surface area contributed by atoms with Gasteiger partial charge in [-0.2, -0.15) is 0 Å². The topological polar surface area (TPSA) is 37.3 Å². The van der Waals surface area contributed by atoms with Crippen LogP contribution in [0, 0.1) is 0 Å². The molecule has 2 nitrogen and oxygen atoms in total. The summed E-state index contributed by atoms with van der Waals surface area (Å²) in [5, 5.41) is 9.81. The molecular formula is C12H14Cl2O2. The molecule has 4 heteroatoms. The second kappa shape index (κ2) is 6.12. The fourth-order valence-electron chi connectivity index (χ4n) is 1.71. The van der Waals surface area contributed by atoms with E-state index in [0.29, 0.717) is 10.0 Å². The molecule has 16 heavy (non-hydrogen) atoms. The minimum absolute atomic E-state index is 0.0114. The Morgan fingerprint density at radius 1 is 1.38 bits per heavy atom. The van der Waals surface area contributed by atoms with Crippen molar-refractivity contribution in [1.29, 1.82) is 0 Å². The number of hydrogen-bond donors (Lipinski definition) is 1. The molecular weight excluding hydrogens is 247 g/mol. The van der Waals surface area contributed by atoms with E-state index >= 15 is 0 Å². The van der Waals surface area contributed by atoms with Gasteiger partial charge in [-0.15, -0.1) is 0 Å². The van der Waals surface area contributed by atoms with Gasteiger partial charge in [-0.1, -0.05) is 42.6 Å². The summed E-state index contributed by atoms with van der Waals surface area (Å²) in [7, 11) is 0. The molecule has 1 unspecified atom stereocenters. The predicted molar refractivity (Wildman–Crippen MR) is 66.4 cm³/mol. The van der Waals surface area contributed by atoms with Crippen molar-refractivity contribution in [2.75, 3.05) is 0 Å². The second-order valence-electron chi connectivity index (χ2n) is 3.76. The molecule has 0 radical (unpaired) electrons. The Hall–Kier alpha value is -0.730. The third kappa shape index (κ3) is 3.69. The Balaban J connectivity index is 2.91. The van der Waals surface area contributed by atoms with Crippen molar-refractivity contribution < 1.29 is 9.90 Å². The molecule has 0 aliphatic heterocycles. The molecule has 0 bridgehead atoms. The number of halogens is 2. The predicted octanol–water partition coefficient (Wildman–Crippen LogP) is 4.35. The third-order valence-electron chi connectivity index (χ3n) is 2.47. The van der Waals surface area contributed by atoms with E-state index in [-0.39, 0.29) is 12.3 Å². The van der Waals surface area contributed by atoms with Crippen LogP contribution >= 0.6 is 23.2 Å². The van der Waals surface area contributed by atoms with Crippen molar-refractivity contribution in [3.05, 3.63) is 33.8 Å². The zero-order valence-electron chi connectivity index (χ0n) is 9.04. The standard InChI is InChI=1S/C12H14Cl2O2/c1-2-3-8(7-12(15)16)9-4-5-10(13)11(14)6-9/h4-6,8H,2-3,7H2,1H3,(H,15,16). The molecule has 88 valence electrons. The summed E-state index contributed by atoms with van der Waals surface area (Å²) >= 11 is 11.7. The highest BCUT2D eigenvalue weighted by Gasteiger charge is 2.15. The smallest absolute Gasteiger partial charge is 0.303 e. The summed E-state index contributed by atoms with van der Waals surface area (Å²) in [6.45, 7) is 2.03. The number of carbonyl (C=O) groups is 1. The van der Waals surface area contributed by atoms with Gasteiger partial charge in [0.2, 0.25) is 0 Å². The van der Waals surface area contributed by atoms with Gasteiger partial charge in [-0.05, 0) is 30.0 Å². The minimum Gasteiger partial charge on any atom is -0.481 e. The van der Waals surface area contributed by atoms with Crippen LogP contribution in [0.4, 0.5) is 0 Å². The molecule has 1 N–H and O–H groups in total. The van der Waals surface area contributed by atoms with Gasteiger partial charge in [0, 0.05) is 0 Å². The van der Waals surface area contributed by atoms with Crippen molar-refractivity contribution in [3.63, 3.8) is 0 Å². The lowest BCUT2D eigenvalue weighted by atomic mass is 9.91. The molecule has 0 aliphatic rings. The second-order valence-corrected chi connectivity index (χ2v) is 4.57. The first kappa shape index (κ1) is 13.3. The normalized spacial score (nSPS) is 12.4. The zero-order valence-corrected chi connectivity index (χ0v) is 10.6.